The van der Waals surface area contributed by atoms with Crippen molar-refractivity contribution in [1.29, 1.82) is 0 Å². The molecule has 2 aromatic carbocycles. The Morgan fingerprint density at radius 1 is 0.826 bits per heavy atom. The van der Waals surface area contributed by atoms with E-state index >= 15 is 0 Å². The molecule has 0 amide bonds. The minimum atomic E-state index is -0.0650. The monoisotopic (exact) mass is 297 g/mol. The molecule has 0 atom stereocenters. The summed E-state index contributed by atoms with van der Waals surface area (Å²) in [6.45, 7) is 0. The Balaban J connectivity index is 2.04. The molecule has 0 unspecified atom stereocenters. The van der Waals surface area contributed by atoms with Crippen molar-refractivity contribution < 1.29 is 4.42 Å². The number of pyridine rings is 1. The van der Waals surface area contributed by atoms with Gasteiger partial charge in [0.1, 0.15) is 11.3 Å². The summed E-state index contributed by atoms with van der Waals surface area (Å²) in [5.74, 6) is 0.573. The molecular formula is C20H11NO2. The summed E-state index contributed by atoms with van der Waals surface area (Å²) >= 11 is 0. The highest BCUT2D eigenvalue weighted by Crippen LogP contribution is 2.32. The van der Waals surface area contributed by atoms with Gasteiger partial charge >= 0.3 is 0 Å². The average Bonchev–Trinajstić information content (AvgIpc) is 2.59. The molecular weight excluding hydrogens is 286 g/mol. The molecule has 3 heteroatoms. The van der Waals surface area contributed by atoms with Crippen molar-refractivity contribution in [3.63, 3.8) is 0 Å². The van der Waals surface area contributed by atoms with Crippen LogP contribution in [0.1, 0.15) is 0 Å². The molecule has 1 aliphatic heterocycles. The van der Waals surface area contributed by atoms with Gasteiger partial charge in [0.05, 0.1) is 11.0 Å². The van der Waals surface area contributed by atoms with E-state index in [4.69, 9.17) is 9.40 Å². The number of benzene rings is 3. The van der Waals surface area contributed by atoms with Crippen LogP contribution in [0.4, 0.5) is 0 Å². The highest BCUT2D eigenvalue weighted by atomic mass is 16.3. The van der Waals surface area contributed by atoms with Crippen LogP contribution in [0, 0.1) is 0 Å². The zero-order valence-corrected chi connectivity index (χ0v) is 12.1. The topological polar surface area (TPSA) is 43.1 Å². The normalized spacial score (nSPS) is 11.7. The SMILES string of the molecule is O=c1cc2oc3ccccc3cc-2c2nc3ccccc3cc12. The van der Waals surface area contributed by atoms with E-state index in [1.165, 1.54) is 0 Å². The van der Waals surface area contributed by atoms with Gasteiger partial charge in [-0.15, -0.1) is 0 Å². The summed E-state index contributed by atoms with van der Waals surface area (Å²) in [7, 11) is 0. The minimum Gasteiger partial charge on any atom is -0.456 e. The van der Waals surface area contributed by atoms with Crippen LogP contribution in [-0.4, -0.2) is 4.98 Å². The second kappa shape index (κ2) is 4.40. The third kappa shape index (κ3) is 1.77. The third-order valence-corrected chi connectivity index (χ3v) is 4.21. The number of fused-ring (bicyclic) bond motifs is 5. The highest BCUT2D eigenvalue weighted by Gasteiger charge is 2.15. The van der Waals surface area contributed by atoms with Crippen LogP contribution in [0.25, 0.3) is 44.1 Å². The first kappa shape index (κ1) is 12.4. The van der Waals surface area contributed by atoms with Crippen molar-refractivity contribution >= 4 is 32.8 Å². The third-order valence-electron chi connectivity index (χ3n) is 4.21. The Morgan fingerprint density at radius 3 is 2.52 bits per heavy atom. The first-order chi connectivity index (χ1) is 11.3. The molecule has 0 radical (unpaired) electrons. The molecule has 0 bridgehead atoms. The smallest absolute Gasteiger partial charge is 0.191 e. The molecule has 0 saturated carbocycles. The molecule has 108 valence electrons. The van der Waals surface area contributed by atoms with Gasteiger partial charge < -0.3 is 4.42 Å². The largest absolute Gasteiger partial charge is 0.456 e. The van der Waals surface area contributed by atoms with Crippen molar-refractivity contribution in [1.82, 2.24) is 4.98 Å². The fourth-order valence-electron chi connectivity index (χ4n) is 3.09. The highest BCUT2D eigenvalue weighted by molar-refractivity contribution is 6.02. The molecule has 3 aromatic rings. The Bertz CT molecular complexity index is 1240. The van der Waals surface area contributed by atoms with Crippen LogP contribution in [0.2, 0.25) is 0 Å². The van der Waals surface area contributed by atoms with Gasteiger partial charge in [-0.05, 0) is 24.3 Å². The lowest BCUT2D eigenvalue weighted by Crippen LogP contribution is -2.04. The molecule has 0 fully saturated rings. The van der Waals surface area contributed by atoms with Crippen molar-refractivity contribution in [3.8, 4) is 11.3 Å². The molecule has 0 spiro atoms. The summed E-state index contributed by atoms with van der Waals surface area (Å²) in [5, 5.41) is 2.59. The number of hydrogen-bond acceptors (Lipinski definition) is 3. The summed E-state index contributed by atoms with van der Waals surface area (Å²) in [6, 6.07) is 21.1. The molecule has 1 aliphatic carbocycles. The Labute approximate surface area is 131 Å². The van der Waals surface area contributed by atoms with Crippen LogP contribution < -0.4 is 5.43 Å². The van der Waals surface area contributed by atoms with Gasteiger partial charge in [-0.3, -0.25) is 4.79 Å². The van der Waals surface area contributed by atoms with Gasteiger partial charge in [-0.25, -0.2) is 4.98 Å². The Morgan fingerprint density at radius 2 is 1.61 bits per heavy atom. The van der Waals surface area contributed by atoms with Crippen LogP contribution >= 0.6 is 0 Å². The van der Waals surface area contributed by atoms with Gasteiger partial charge in [-0.1, -0.05) is 36.4 Å². The minimum absolute atomic E-state index is 0.0650. The van der Waals surface area contributed by atoms with Crippen LogP contribution in [0.3, 0.4) is 0 Å². The number of para-hydroxylation sites is 2. The van der Waals surface area contributed by atoms with Gasteiger partial charge in [0.25, 0.3) is 0 Å². The van der Waals surface area contributed by atoms with Gasteiger partial charge in [-0.2, -0.15) is 0 Å². The van der Waals surface area contributed by atoms with E-state index in [2.05, 4.69) is 0 Å². The molecule has 5 rings (SSSR count). The maximum atomic E-state index is 12.5. The maximum absolute atomic E-state index is 12.5. The predicted octanol–water partition coefficient (Wildman–Crippen LogP) is 4.60. The zero-order chi connectivity index (χ0) is 15.4. The quantitative estimate of drug-likeness (QED) is 0.310. The van der Waals surface area contributed by atoms with Gasteiger partial charge in [0.15, 0.2) is 5.43 Å². The second-order valence-corrected chi connectivity index (χ2v) is 5.65. The van der Waals surface area contributed by atoms with E-state index < -0.39 is 0 Å². The number of aromatic nitrogens is 1. The van der Waals surface area contributed by atoms with Crippen LogP contribution in [0.15, 0.2) is 75.9 Å². The molecule has 0 saturated heterocycles. The Hall–Kier alpha value is -3.20. The van der Waals surface area contributed by atoms with E-state index in [1.54, 1.807) is 6.07 Å². The first-order valence-corrected chi connectivity index (χ1v) is 7.45. The maximum Gasteiger partial charge on any atom is 0.191 e. The summed E-state index contributed by atoms with van der Waals surface area (Å²) < 4.78 is 5.91. The van der Waals surface area contributed by atoms with Crippen molar-refractivity contribution in [2.75, 3.05) is 0 Å². The van der Waals surface area contributed by atoms with Crippen LogP contribution in [-0.2, 0) is 0 Å². The lowest BCUT2D eigenvalue weighted by Gasteiger charge is -2.10. The van der Waals surface area contributed by atoms with Crippen LogP contribution in [0.5, 0.6) is 0 Å². The first-order valence-electron chi connectivity index (χ1n) is 7.45. The zero-order valence-electron chi connectivity index (χ0n) is 12.1. The number of hydrogen-bond donors (Lipinski definition) is 0. The van der Waals surface area contributed by atoms with Crippen molar-refractivity contribution in [2.45, 2.75) is 0 Å². The van der Waals surface area contributed by atoms with Crippen molar-refractivity contribution in [2.24, 2.45) is 0 Å². The fraction of sp³-hybridized carbons (Fsp3) is 0. The molecule has 0 N–H and O–H groups in total. The van der Waals surface area contributed by atoms with Gasteiger partial charge in [0.2, 0.25) is 0 Å². The summed E-state index contributed by atoms with van der Waals surface area (Å²) in [6.07, 6.45) is 0. The summed E-state index contributed by atoms with van der Waals surface area (Å²) in [5.41, 5.74) is 3.13. The lowest BCUT2D eigenvalue weighted by molar-refractivity contribution is 0.620. The molecule has 3 nitrogen and oxygen atoms in total. The second-order valence-electron chi connectivity index (χ2n) is 5.65. The van der Waals surface area contributed by atoms with E-state index in [1.807, 2.05) is 60.7 Å². The average molecular weight is 297 g/mol. The van der Waals surface area contributed by atoms with E-state index in [9.17, 15) is 4.79 Å². The standard InChI is InChI=1S/C20H11NO2/c22-17-11-19-15(10-13-6-2-4-8-18(13)23-19)20-14(17)9-12-5-1-3-7-16(12)21-20/h1-11H. The van der Waals surface area contributed by atoms with Gasteiger partial charge in [0, 0.05) is 27.8 Å². The molecule has 2 aliphatic rings. The van der Waals surface area contributed by atoms with E-state index in [0.717, 1.165) is 27.4 Å². The molecule has 1 aromatic heterocycles. The predicted molar refractivity (Wildman–Crippen MR) is 91.9 cm³/mol. The van der Waals surface area contributed by atoms with E-state index in [0.29, 0.717) is 16.7 Å². The Kier molecular flexibility index (Phi) is 2.36. The number of rotatable bonds is 0. The van der Waals surface area contributed by atoms with E-state index in [-0.39, 0.29) is 5.43 Å². The molecule has 23 heavy (non-hydrogen) atoms. The summed E-state index contributed by atoms with van der Waals surface area (Å²) in [4.78, 5) is 17.2. The van der Waals surface area contributed by atoms with Crippen molar-refractivity contribution in [3.05, 3.63) is 77.0 Å². The molecule has 2 heterocycles. The lowest BCUT2D eigenvalue weighted by atomic mass is 10.0. The number of nitrogens with zero attached hydrogens (tertiary/aromatic N) is 1. The fourth-order valence-corrected chi connectivity index (χ4v) is 3.09.